The quantitative estimate of drug-likeness (QED) is 0.0743. The van der Waals surface area contributed by atoms with Crippen molar-refractivity contribution in [3.8, 4) is 0 Å². The molecule has 0 bridgehead atoms. The predicted molar refractivity (Wildman–Crippen MR) is 223 cm³/mol. The second-order valence-electron chi connectivity index (χ2n) is 15.8. The molecule has 9 N–H and O–H groups in total. The summed E-state index contributed by atoms with van der Waals surface area (Å²) >= 11 is 0. The molecule has 58 heavy (non-hydrogen) atoms. The third-order valence-electron chi connectivity index (χ3n) is 11.0. The Morgan fingerprint density at radius 3 is 1.93 bits per heavy atom. The highest BCUT2D eigenvalue weighted by Crippen LogP contribution is 2.40. The summed E-state index contributed by atoms with van der Waals surface area (Å²) < 4.78 is -0.609. The third-order valence-corrected chi connectivity index (χ3v) is 11.0. The average molecular weight is 796 g/mol. The monoisotopic (exact) mass is 795 g/mol. The Bertz CT molecular complexity index is 1890. The zero-order valence-corrected chi connectivity index (χ0v) is 33.6. The molecule has 5 atom stereocenters. The van der Waals surface area contributed by atoms with E-state index in [-0.39, 0.29) is 50.0 Å². The Morgan fingerprint density at radius 1 is 0.724 bits per heavy atom. The molecule has 5 rings (SSSR count). The van der Waals surface area contributed by atoms with Gasteiger partial charge in [0.1, 0.15) is 24.2 Å². The molecule has 2 aliphatic rings. The van der Waals surface area contributed by atoms with E-state index in [1.807, 2.05) is 86.6 Å². The molecule has 0 spiro atoms. The number of rotatable bonds is 18. The van der Waals surface area contributed by atoms with Gasteiger partial charge in [0.15, 0.2) is 5.69 Å². The van der Waals surface area contributed by atoms with Crippen molar-refractivity contribution >= 4 is 41.3 Å². The van der Waals surface area contributed by atoms with Crippen LogP contribution in [0.25, 0.3) is 0 Å². The van der Waals surface area contributed by atoms with E-state index in [9.17, 15) is 28.8 Å². The fourth-order valence-electron chi connectivity index (χ4n) is 8.00. The summed E-state index contributed by atoms with van der Waals surface area (Å²) in [4.78, 5) is 84.1. The maximum Gasteiger partial charge on any atom is 0.436 e. The second kappa shape index (κ2) is 20.9. The van der Waals surface area contributed by atoms with Gasteiger partial charge in [0.05, 0.1) is 12.5 Å². The largest absolute Gasteiger partial charge is 0.436 e. The smallest absolute Gasteiger partial charge is 0.343 e. The lowest BCUT2D eigenvalue weighted by atomic mass is 9.99. The van der Waals surface area contributed by atoms with E-state index in [0.717, 1.165) is 16.7 Å². The summed E-state index contributed by atoms with van der Waals surface area (Å²) in [6, 6.07) is 20.3. The molecule has 310 valence electrons. The Morgan fingerprint density at radius 2 is 1.29 bits per heavy atom. The van der Waals surface area contributed by atoms with Crippen molar-refractivity contribution in [2.75, 3.05) is 19.6 Å². The van der Waals surface area contributed by atoms with Crippen molar-refractivity contribution < 1.29 is 28.8 Å². The van der Waals surface area contributed by atoms with E-state index in [2.05, 4.69) is 26.6 Å². The van der Waals surface area contributed by atoms with E-state index in [1.54, 1.807) is 12.1 Å². The van der Waals surface area contributed by atoms with Gasteiger partial charge in [0, 0.05) is 44.0 Å². The van der Waals surface area contributed by atoms with Gasteiger partial charge in [-0.3, -0.25) is 19.2 Å². The fourth-order valence-corrected chi connectivity index (χ4v) is 8.00. The molecule has 1 fully saturated rings. The molecule has 0 aliphatic carbocycles. The zero-order chi connectivity index (χ0) is 41.7. The van der Waals surface area contributed by atoms with Gasteiger partial charge >= 0.3 is 11.9 Å². The number of urea groups is 1. The SMILES string of the molecule is CC(C)C[C@@H](NC(=O)[C@@H](Cc1ccccc1)NC(=O)[C@H](N)Cc1ccccc1)C(=O)N[C@H](CCCCN)C(=O)NC(=O)[N+]1(C2CCNCC2)C(=O)Cc2ccccc21. The first kappa shape index (κ1) is 43.8. The normalized spacial score (nSPS) is 18.7. The van der Waals surface area contributed by atoms with E-state index >= 15 is 0 Å². The summed E-state index contributed by atoms with van der Waals surface area (Å²) in [5.74, 6) is -2.86. The van der Waals surface area contributed by atoms with Crippen LogP contribution < -0.4 is 42.5 Å². The van der Waals surface area contributed by atoms with Crippen LogP contribution in [0, 0.1) is 5.92 Å². The highest BCUT2D eigenvalue weighted by Gasteiger charge is 2.58. The number of fused-ring (bicyclic) bond motifs is 1. The number of benzene rings is 3. The van der Waals surface area contributed by atoms with Crippen LogP contribution in [-0.4, -0.2) is 85.4 Å². The summed E-state index contributed by atoms with van der Waals surface area (Å²) in [7, 11) is 0. The minimum absolute atomic E-state index is 0.0563. The van der Waals surface area contributed by atoms with Crippen molar-refractivity contribution in [3.05, 3.63) is 102 Å². The van der Waals surface area contributed by atoms with E-state index < -0.39 is 58.3 Å². The molecular weight excluding hydrogens is 737 g/mol. The van der Waals surface area contributed by atoms with E-state index in [1.165, 1.54) is 0 Å². The minimum atomic E-state index is -1.17. The highest BCUT2D eigenvalue weighted by molar-refractivity contribution is 6.17. The van der Waals surface area contributed by atoms with Crippen molar-refractivity contribution in [1.82, 2.24) is 31.1 Å². The van der Waals surface area contributed by atoms with Gasteiger partial charge in [0.25, 0.3) is 5.91 Å². The van der Waals surface area contributed by atoms with Gasteiger partial charge in [-0.1, -0.05) is 92.7 Å². The first-order chi connectivity index (χ1) is 27.9. The van der Waals surface area contributed by atoms with Gasteiger partial charge < -0.3 is 32.7 Å². The van der Waals surface area contributed by atoms with Gasteiger partial charge in [0.2, 0.25) is 17.7 Å². The van der Waals surface area contributed by atoms with Gasteiger partial charge in [-0.15, -0.1) is 4.48 Å². The Balaban J connectivity index is 1.34. The van der Waals surface area contributed by atoms with Crippen LogP contribution in [-0.2, 0) is 43.2 Å². The summed E-state index contributed by atoms with van der Waals surface area (Å²) in [6.45, 7) is 5.41. The zero-order valence-electron chi connectivity index (χ0n) is 33.6. The molecule has 3 aromatic rings. The van der Waals surface area contributed by atoms with Crippen molar-refractivity contribution in [2.24, 2.45) is 17.4 Å². The van der Waals surface area contributed by atoms with E-state index in [0.29, 0.717) is 51.0 Å². The first-order valence-corrected chi connectivity index (χ1v) is 20.4. The molecular formula is C44H59N8O6+. The lowest BCUT2D eigenvalue weighted by Gasteiger charge is -2.38. The first-order valence-electron chi connectivity index (χ1n) is 20.4. The molecule has 14 nitrogen and oxygen atoms in total. The molecule has 0 radical (unpaired) electrons. The number of imide groups is 2. The Hall–Kier alpha value is -5.28. The van der Waals surface area contributed by atoms with Crippen LogP contribution in [0.1, 0.15) is 69.1 Å². The standard InChI is InChI=1S/C44H58N8O6/c1-29(2)25-36(50-43(57)37(27-31-15-7-4-8-16-31)49-40(54)34(46)26-30-13-5-3-6-14-30)42(56)48-35(18-11-12-22-45)41(55)51-44(58)52(33-20-23-47-24-21-33)38-19-10-9-17-32(38)28-39(52)53/h3-10,13-17,19,29,33-37,47H,11-12,18,20-28,45-46H2,1-2H3,(H3-,48,49,50,51,54,55,56,57,58)/p+1/t34-,35-,36-,37-,52?/m1/s1. The number of quaternary nitrogens is 1. The van der Waals surface area contributed by atoms with Crippen molar-refractivity contribution in [1.29, 1.82) is 0 Å². The predicted octanol–water partition coefficient (Wildman–Crippen LogP) is 2.51. The van der Waals surface area contributed by atoms with Gasteiger partial charge in [-0.2, -0.15) is 0 Å². The number of nitrogens with zero attached hydrogens (tertiary/aromatic N) is 1. The fraction of sp³-hybridized carbons (Fsp3) is 0.455. The summed E-state index contributed by atoms with van der Waals surface area (Å²) in [5, 5.41) is 14.3. The van der Waals surface area contributed by atoms with Crippen LogP contribution in [0.15, 0.2) is 84.9 Å². The summed E-state index contributed by atoms with van der Waals surface area (Å²) in [6.07, 6.45) is 2.99. The number of carbonyl (C=O) groups excluding carboxylic acids is 6. The number of amides is 7. The van der Waals surface area contributed by atoms with Crippen LogP contribution in [0.2, 0.25) is 0 Å². The molecule has 1 unspecified atom stereocenters. The highest BCUT2D eigenvalue weighted by atomic mass is 16.2. The number of hydrogen-bond donors (Lipinski definition) is 7. The molecule has 3 aromatic carbocycles. The molecule has 2 aliphatic heterocycles. The maximum absolute atomic E-state index is 14.4. The third kappa shape index (κ3) is 11.0. The van der Waals surface area contributed by atoms with Gasteiger partial charge in [-0.05, 0) is 55.7 Å². The molecule has 14 heteroatoms. The number of piperidine rings is 1. The number of unbranched alkanes of at least 4 members (excludes halogenated alkanes) is 1. The maximum atomic E-state index is 14.4. The number of para-hydroxylation sites is 1. The number of nitrogens with one attached hydrogen (secondary N) is 5. The molecule has 2 heterocycles. The summed E-state index contributed by atoms with van der Waals surface area (Å²) in [5.41, 5.74) is 15.0. The molecule has 0 saturated carbocycles. The topological polar surface area (TPSA) is 215 Å². The number of hydrogen-bond acceptors (Lipinski definition) is 9. The number of nitrogens with two attached hydrogens (primary N) is 2. The molecule has 7 amide bonds. The van der Waals surface area contributed by atoms with Crippen LogP contribution in [0.4, 0.5) is 10.5 Å². The van der Waals surface area contributed by atoms with Gasteiger partial charge in [-0.25, -0.2) is 14.9 Å². The molecule has 1 saturated heterocycles. The van der Waals surface area contributed by atoms with E-state index in [4.69, 9.17) is 11.5 Å². The average Bonchev–Trinajstić information content (AvgIpc) is 3.53. The Kier molecular flexibility index (Phi) is 15.8. The van der Waals surface area contributed by atoms with Crippen LogP contribution in [0.3, 0.4) is 0 Å². The Labute approximate surface area is 340 Å². The molecule has 0 aromatic heterocycles. The lowest BCUT2D eigenvalue weighted by Crippen LogP contribution is -2.69. The second-order valence-corrected chi connectivity index (χ2v) is 15.8. The van der Waals surface area contributed by atoms with Crippen molar-refractivity contribution in [2.45, 2.75) is 102 Å². The minimum Gasteiger partial charge on any atom is -0.343 e. The van der Waals surface area contributed by atoms with Crippen LogP contribution >= 0.6 is 0 Å². The van der Waals surface area contributed by atoms with Crippen LogP contribution in [0.5, 0.6) is 0 Å². The van der Waals surface area contributed by atoms with Crippen molar-refractivity contribution in [3.63, 3.8) is 0 Å². The lowest BCUT2D eigenvalue weighted by molar-refractivity contribution is -0.134. The number of carbonyl (C=O) groups is 6.